The molecule has 0 radical (unpaired) electrons. The third kappa shape index (κ3) is 3.60. The van der Waals surface area contributed by atoms with Gasteiger partial charge >= 0.3 is 5.97 Å². The van der Waals surface area contributed by atoms with Gasteiger partial charge in [-0.3, -0.25) is 4.79 Å². The molecule has 0 amide bonds. The number of H-pyrrole nitrogens is 1. The number of esters is 1. The molecule has 0 spiro atoms. The fourth-order valence-corrected chi connectivity index (χ4v) is 3.67. The molecule has 0 aliphatic heterocycles. The highest BCUT2D eigenvalue weighted by molar-refractivity contribution is 7.99. The van der Waals surface area contributed by atoms with Crippen molar-refractivity contribution < 1.29 is 9.53 Å². The molecule has 5 heteroatoms. The van der Waals surface area contributed by atoms with E-state index in [0.29, 0.717) is 6.42 Å². The predicted octanol–water partition coefficient (Wildman–Crippen LogP) is 3.19. The lowest BCUT2D eigenvalue weighted by Crippen LogP contribution is -2.49. The molecule has 0 saturated carbocycles. The zero-order valence-corrected chi connectivity index (χ0v) is 13.7. The van der Waals surface area contributed by atoms with Crippen molar-refractivity contribution in [2.45, 2.75) is 36.1 Å². The van der Waals surface area contributed by atoms with Crippen molar-refractivity contribution in [3.63, 3.8) is 0 Å². The minimum atomic E-state index is -0.660. The average molecular weight is 306 g/mol. The number of carbonyl (C=O) groups excluding carboxylic acids is 1. The number of likely N-dealkylation sites (N-methyl/N-ethyl adjacent to an activating group) is 1. The zero-order valence-electron chi connectivity index (χ0n) is 12.9. The van der Waals surface area contributed by atoms with Gasteiger partial charge in [0.1, 0.15) is 5.54 Å². The topological polar surface area (TPSA) is 54.1 Å². The fraction of sp³-hybridized carbons (Fsp3) is 0.438. The van der Waals surface area contributed by atoms with Crippen LogP contribution in [0.25, 0.3) is 10.9 Å². The largest absolute Gasteiger partial charge is 0.468 e. The van der Waals surface area contributed by atoms with E-state index in [9.17, 15) is 4.79 Å². The number of aromatic nitrogens is 1. The van der Waals surface area contributed by atoms with Gasteiger partial charge in [-0.25, -0.2) is 0 Å². The quantitative estimate of drug-likeness (QED) is 0.636. The van der Waals surface area contributed by atoms with Gasteiger partial charge in [0.15, 0.2) is 0 Å². The van der Waals surface area contributed by atoms with Crippen LogP contribution in [-0.4, -0.2) is 35.9 Å². The van der Waals surface area contributed by atoms with Crippen molar-refractivity contribution in [1.82, 2.24) is 10.3 Å². The van der Waals surface area contributed by atoms with Crippen LogP contribution in [0.5, 0.6) is 0 Å². The summed E-state index contributed by atoms with van der Waals surface area (Å²) in [6.45, 7) is 4.00. The Bertz CT molecular complexity index is 593. The zero-order chi connectivity index (χ0) is 15.5. The first kappa shape index (κ1) is 15.9. The Morgan fingerprint density at radius 3 is 2.81 bits per heavy atom. The van der Waals surface area contributed by atoms with Crippen molar-refractivity contribution in [3.05, 3.63) is 30.3 Å². The number of nitrogens with one attached hydrogen (secondary N) is 2. The molecule has 4 nitrogen and oxygen atoms in total. The Morgan fingerprint density at radius 2 is 2.19 bits per heavy atom. The molecule has 2 rings (SSSR count). The number of hydrogen-bond acceptors (Lipinski definition) is 4. The summed E-state index contributed by atoms with van der Waals surface area (Å²) in [7, 11) is 3.21. The Labute approximate surface area is 129 Å². The van der Waals surface area contributed by atoms with Gasteiger partial charge in [0.05, 0.1) is 12.1 Å². The molecule has 2 N–H and O–H groups in total. The molecule has 0 aliphatic carbocycles. The van der Waals surface area contributed by atoms with Gasteiger partial charge in [0, 0.05) is 16.2 Å². The minimum Gasteiger partial charge on any atom is -0.468 e. The third-order valence-corrected chi connectivity index (χ3v) is 4.76. The molecule has 1 heterocycles. The molecule has 114 valence electrons. The van der Waals surface area contributed by atoms with Crippen LogP contribution in [0.4, 0.5) is 0 Å². The second kappa shape index (κ2) is 6.54. The lowest BCUT2D eigenvalue weighted by molar-refractivity contribution is -0.147. The van der Waals surface area contributed by atoms with Gasteiger partial charge in [-0.1, -0.05) is 25.1 Å². The first-order valence-corrected chi connectivity index (χ1v) is 7.88. The Hall–Kier alpha value is -1.46. The number of aromatic amines is 1. The lowest BCUT2D eigenvalue weighted by Gasteiger charge is -2.28. The summed E-state index contributed by atoms with van der Waals surface area (Å²) in [4.78, 5) is 15.3. The summed E-state index contributed by atoms with van der Waals surface area (Å²) in [6, 6.07) is 10.4. The SMILES string of the molecule is CNC(C)(CC(C)Sc1cc2ccccc2[nH]1)C(=O)OC. The standard InChI is InChI=1S/C16H22N2O2S/c1-11(10-16(2,17-3)15(19)20-4)21-14-9-12-7-5-6-8-13(12)18-14/h5-9,11,17-18H,10H2,1-4H3. The number of methoxy groups -OCH3 is 1. The molecule has 2 aromatic rings. The summed E-state index contributed by atoms with van der Waals surface area (Å²) in [5.41, 5.74) is 0.476. The van der Waals surface area contributed by atoms with E-state index in [1.165, 1.54) is 12.5 Å². The number of rotatable bonds is 6. The molecule has 1 aromatic heterocycles. The number of fused-ring (bicyclic) bond motifs is 1. The molecule has 2 unspecified atom stereocenters. The summed E-state index contributed by atoms with van der Waals surface area (Å²) in [5, 5.41) is 5.67. The summed E-state index contributed by atoms with van der Waals surface area (Å²) < 4.78 is 4.89. The van der Waals surface area contributed by atoms with Gasteiger partial charge in [-0.15, -0.1) is 11.8 Å². The summed E-state index contributed by atoms with van der Waals surface area (Å²) >= 11 is 1.74. The van der Waals surface area contributed by atoms with Crippen LogP contribution in [0.1, 0.15) is 20.3 Å². The van der Waals surface area contributed by atoms with E-state index in [2.05, 4.69) is 35.4 Å². The molecule has 0 bridgehead atoms. The maximum atomic E-state index is 11.9. The maximum absolute atomic E-state index is 11.9. The molecule has 0 fully saturated rings. The third-order valence-electron chi connectivity index (χ3n) is 3.72. The first-order valence-electron chi connectivity index (χ1n) is 7.00. The van der Waals surface area contributed by atoms with Gasteiger partial charge < -0.3 is 15.0 Å². The number of carbonyl (C=O) groups is 1. The molecule has 21 heavy (non-hydrogen) atoms. The molecule has 0 saturated heterocycles. The van der Waals surface area contributed by atoms with Crippen LogP contribution in [0.15, 0.2) is 35.4 Å². The minimum absolute atomic E-state index is 0.228. The van der Waals surface area contributed by atoms with E-state index in [0.717, 1.165) is 10.5 Å². The molecular weight excluding hydrogens is 284 g/mol. The molecule has 2 atom stereocenters. The van der Waals surface area contributed by atoms with Gasteiger partial charge in [-0.2, -0.15) is 0 Å². The Morgan fingerprint density at radius 1 is 1.48 bits per heavy atom. The molecule has 1 aromatic carbocycles. The monoisotopic (exact) mass is 306 g/mol. The van der Waals surface area contributed by atoms with Gasteiger partial charge in [0.2, 0.25) is 0 Å². The van der Waals surface area contributed by atoms with E-state index < -0.39 is 5.54 Å². The van der Waals surface area contributed by atoms with Crippen molar-refractivity contribution in [3.8, 4) is 0 Å². The van der Waals surface area contributed by atoms with E-state index in [1.807, 2.05) is 19.1 Å². The summed E-state index contributed by atoms with van der Waals surface area (Å²) in [6.07, 6.45) is 0.691. The smallest absolute Gasteiger partial charge is 0.325 e. The highest BCUT2D eigenvalue weighted by atomic mass is 32.2. The normalized spacial score (nSPS) is 15.6. The van der Waals surface area contributed by atoms with Crippen LogP contribution in [0.2, 0.25) is 0 Å². The van der Waals surface area contributed by atoms with E-state index in [1.54, 1.807) is 18.8 Å². The highest BCUT2D eigenvalue weighted by Crippen LogP contribution is 2.30. The maximum Gasteiger partial charge on any atom is 0.325 e. The second-order valence-electron chi connectivity index (χ2n) is 5.43. The van der Waals surface area contributed by atoms with E-state index >= 15 is 0 Å². The van der Waals surface area contributed by atoms with Crippen LogP contribution in [-0.2, 0) is 9.53 Å². The van der Waals surface area contributed by atoms with Crippen LogP contribution >= 0.6 is 11.8 Å². The number of thioether (sulfide) groups is 1. The number of hydrogen-bond donors (Lipinski definition) is 2. The lowest BCUT2D eigenvalue weighted by atomic mass is 9.96. The fourth-order valence-electron chi connectivity index (χ4n) is 2.46. The van der Waals surface area contributed by atoms with Crippen LogP contribution in [0.3, 0.4) is 0 Å². The van der Waals surface area contributed by atoms with Gasteiger partial charge in [-0.05, 0) is 32.5 Å². The van der Waals surface area contributed by atoms with Crippen molar-refractivity contribution in [2.75, 3.05) is 14.2 Å². The summed E-state index contributed by atoms with van der Waals surface area (Å²) in [5.74, 6) is -0.228. The molecular formula is C16H22N2O2S. The molecule has 0 aliphatic rings. The van der Waals surface area contributed by atoms with Crippen LogP contribution in [0, 0.1) is 0 Å². The first-order chi connectivity index (χ1) is 9.98. The number of ether oxygens (including phenoxy) is 1. The average Bonchev–Trinajstić information content (AvgIpc) is 2.87. The van der Waals surface area contributed by atoms with Crippen molar-refractivity contribution in [1.29, 1.82) is 0 Å². The number of benzene rings is 1. The van der Waals surface area contributed by atoms with Crippen molar-refractivity contribution >= 4 is 28.6 Å². The van der Waals surface area contributed by atoms with Gasteiger partial charge in [0.25, 0.3) is 0 Å². The predicted molar refractivity (Wildman–Crippen MR) is 87.7 cm³/mol. The Balaban J connectivity index is 2.06. The number of para-hydroxylation sites is 1. The second-order valence-corrected chi connectivity index (χ2v) is 6.91. The van der Waals surface area contributed by atoms with Crippen molar-refractivity contribution in [2.24, 2.45) is 0 Å². The Kier molecular flexibility index (Phi) is 4.96. The van der Waals surface area contributed by atoms with E-state index in [-0.39, 0.29) is 11.2 Å². The highest BCUT2D eigenvalue weighted by Gasteiger charge is 2.34. The van der Waals surface area contributed by atoms with E-state index in [4.69, 9.17) is 4.74 Å². The van der Waals surface area contributed by atoms with Crippen LogP contribution < -0.4 is 5.32 Å².